The second-order valence-corrected chi connectivity index (χ2v) is 6.18. The summed E-state index contributed by atoms with van der Waals surface area (Å²) in [4.78, 5) is 25.6. The van der Waals surface area contributed by atoms with E-state index < -0.39 is 5.60 Å². The Hall–Kier alpha value is -1.14. The number of β-amino-alcohol motifs (C(OH)–C–C–N with tert-alkyl or cyclic N) is 1. The standard InChI is InChI=1S/C15H26N2O4/c1-3-21-12-7-11(8-12)14(19)17-6-4-5-15(20,10-17)9-13(18)16-2/h11-12,20H,3-10H2,1-2H3,(H,16,18). The quantitative estimate of drug-likeness (QED) is 0.765. The lowest BCUT2D eigenvalue weighted by atomic mass is 9.80. The normalized spacial score (nSPS) is 32.4. The van der Waals surface area contributed by atoms with Crippen LogP contribution in [0.3, 0.4) is 0 Å². The van der Waals surface area contributed by atoms with Gasteiger partial charge in [-0.25, -0.2) is 0 Å². The summed E-state index contributed by atoms with van der Waals surface area (Å²) in [7, 11) is 1.56. The van der Waals surface area contributed by atoms with E-state index in [-0.39, 0.29) is 36.8 Å². The van der Waals surface area contributed by atoms with Gasteiger partial charge in [0.2, 0.25) is 11.8 Å². The van der Waals surface area contributed by atoms with Crippen LogP contribution in [0.25, 0.3) is 0 Å². The van der Waals surface area contributed by atoms with Gasteiger partial charge in [-0.3, -0.25) is 9.59 Å². The highest BCUT2D eigenvalue weighted by Crippen LogP contribution is 2.34. The fraction of sp³-hybridized carbons (Fsp3) is 0.867. The molecule has 1 aliphatic carbocycles. The van der Waals surface area contributed by atoms with E-state index in [2.05, 4.69) is 5.32 Å². The van der Waals surface area contributed by atoms with Gasteiger partial charge >= 0.3 is 0 Å². The van der Waals surface area contributed by atoms with Crippen LogP contribution in [0.2, 0.25) is 0 Å². The summed E-state index contributed by atoms with van der Waals surface area (Å²) in [5.41, 5.74) is -1.09. The molecule has 2 fully saturated rings. The second-order valence-electron chi connectivity index (χ2n) is 6.18. The number of likely N-dealkylation sites (tertiary alicyclic amines) is 1. The zero-order valence-electron chi connectivity index (χ0n) is 12.9. The summed E-state index contributed by atoms with van der Waals surface area (Å²) in [6.45, 7) is 3.57. The van der Waals surface area contributed by atoms with Crippen LogP contribution in [-0.2, 0) is 14.3 Å². The van der Waals surface area contributed by atoms with Gasteiger partial charge in [0.05, 0.1) is 18.1 Å². The van der Waals surface area contributed by atoms with Gasteiger partial charge in [0.15, 0.2) is 0 Å². The summed E-state index contributed by atoms with van der Waals surface area (Å²) in [6, 6.07) is 0. The first-order valence-electron chi connectivity index (χ1n) is 7.81. The number of carbonyl (C=O) groups excluding carboxylic acids is 2. The summed E-state index contributed by atoms with van der Waals surface area (Å²) in [5, 5.41) is 13.0. The smallest absolute Gasteiger partial charge is 0.225 e. The Morgan fingerprint density at radius 1 is 1.43 bits per heavy atom. The average Bonchev–Trinajstić information content (AvgIpc) is 2.41. The number of amides is 2. The van der Waals surface area contributed by atoms with Crippen LogP contribution in [0.5, 0.6) is 0 Å². The van der Waals surface area contributed by atoms with Crippen LogP contribution in [0.15, 0.2) is 0 Å². The lowest BCUT2D eigenvalue weighted by Crippen LogP contribution is -2.55. The summed E-state index contributed by atoms with van der Waals surface area (Å²) < 4.78 is 5.48. The highest BCUT2D eigenvalue weighted by molar-refractivity contribution is 5.80. The van der Waals surface area contributed by atoms with E-state index in [4.69, 9.17) is 4.74 Å². The maximum absolute atomic E-state index is 12.4. The molecule has 0 aromatic rings. The molecular formula is C15H26N2O4. The molecule has 2 N–H and O–H groups in total. The maximum atomic E-state index is 12.4. The predicted octanol–water partition coefficient (Wildman–Crippen LogP) is 0.291. The molecule has 0 radical (unpaired) electrons. The molecule has 0 aromatic carbocycles. The first kappa shape index (κ1) is 16.2. The molecular weight excluding hydrogens is 272 g/mol. The van der Waals surface area contributed by atoms with E-state index in [1.807, 2.05) is 6.92 Å². The first-order valence-corrected chi connectivity index (χ1v) is 7.81. The maximum Gasteiger partial charge on any atom is 0.225 e. The molecule has 0 aromatic heterocycles. The third-order valence-corrected chi connectivity index (χ3v) is 4.48. The van der Waals surface area contributed by atoms with Crippen molar-refractivity contribution >= 4 is 11.8 Å². The molecule has 0 spiro atoms. The van der Waals surface area contributed by atoms with Crippen molar-refractivity contribution in [3.8, 4) is 0 Å². The number of ether oxygens (including phenoxy) is 1. The zero-order chi connectivity index (χ0) is 15.5. The van der Waals surface area contributed by atoms with Crippen molar-refractivity contribution in [1.82, 2.24) is 10.2 Å². The second kappa shape index (κ2) is 6.75. The summed E-state index contributed by atoms with van der Waals surface area (Å²) in [6.07, 6.45) is 3.11. The molecule has 6 nitrogen and oxygen atoms in total. The van der Waals surface area contributed by atoms with Crippen molar-refractivity contribution in [1.29, 1.82) is 0 Å². The number of piperidine rings is 1. The number of nitrogens with one attached hydrogen (secondary N) is 1. The lowest BCUT2D eigenvalue weighted by molar-refractivity contribution is -0.153. The monoisotopic (exact) mass is 298 g/mol. The topological polar surface area (TPSA) is 78.9 Å². The van der Waals surface area contributed by atoms with Gasteiger partial charge in [0.25, 0.3) is 0 Å². The predicted molar refractivity (Wildman–Crippen MR) is 77.6 cm³/mol. The van der Waals surface area contributed by atoms with Crippen LogP contribution in [0.1, 0.15) is 39.0 Å². The van der Waals surface area contributed by atoms with E-state index in [1.54, 1.807) is 11.9 Å². The van der Waals surface area contributed by atoms with Gasteiger partial charge in [-0.2, -0.15) is 0 Å². The minimum absolute atomic E-state index is 0.0175. The van der Waals surface area contributed by atoms with E-state index in [1.165, 1.54) is 0 Å². The van der Waals surface area contributed by atoms with Gasteiger partial charge < -0.3 is 20.1 Å². The third kappa shape index (κ3) is 3.95. The SMILES string of the molecule is CCOC1CC(C(=O)N2CCCC(O)(CC(=O)NC)C2)C1. The van der Waals surface area contributed by atoms with Crippen molar-refractivity contribution in [3.63, 3.8) is 0 Å². The molecule has 21 heavy (non-hydrogen) atoms. The molecule has 1 saturated carbocycles. The number of carbonyl (C=O) groups is 2. The van der Waals surface area contributed by atoms with Gasteiger partial charge in [-0.05, 0) is 32.6 Å². The molecule has 2 rings (SSSR count). The zero-order valence-corrected chi connectivity index (χ0v) is 12.9. The summed E-state index contributed by atoms with van der Waals surface area (Å²) in [5.74, 6) is -0.0725. The average molecular weight is 298 g/mol. The number of hydrogen-bond acceptors (Lipinski definition) is 4. The lowest BCUT2D eigenvalue weighted by Gasteiger charge is -2.43. The molecule has 1 heterocycles. The fourth-order valence-corrected chi connectivity index (χ4v) is 3.23. The molecule has 2 amide bonds. The van der Waals surface area contributed by atoms with E-state index in [0.717, 1.165) is 19.3 Å². The van der Waals surface area contributed by atoms with Crippen LogP contribution < -0.4 is 5.32 Å². The third-order valence-electron chi connectivity index (χ3n) is 4.48. The van der Waals surface area contributed by atoms with E-state index in [0.29, 0.717) is 19.6 Å². The van der Waals surface area contributed by atoms with Gasteiger partial charge in [0, 0.05) is 32.7 Å². The highest BCUT2D eigenvalue weighted by Gasteiger charge is 2.42. The molecule has 1 saturated heterocycles. The molecule has 120 valence electrons. The van der Waals surface area contributed by atoms with Crippen LogP contribution >= 0.6 is 0 Å². The molecule has 1 aliphatic heterocycles. The number of aliphatic hydroxyl groups is 1. The van der Waals surface area contributed by atoms with Crippen molar-refractivity contribution in [2.45, 2.75) is 50.7 Å². The number of nitrogens with zero attached hydrogens (tertiary/aromatic N) is 1. The van der Waals surface area contributed by atoms with Crippen molar-refractivity contribution < 1.29 is 19.4 Å². The van der Waals surface area contributed by atoms with Crippen LogP contribution in [0.4, 0.5) is 0 Å². The fourth-order valence-electron chi connectivity index (χ4n) is 3.23. The van der Waals surface area contributed by atoms with E-state index >= 15 is 0 Å². The number of rotatable bonds is 5. The minimum Gasteiger partial charge on any atom is -0.388 e. The Kier molecular flexibility index (Phi) is 5.22. The Balaban J connectivity index is 1.86. The molecule has 6 heteroatoms. The van der Waals surface area contributed by atoms with E-state index in [9.17, 15) is 14.7 Å². The molecule has 0 bridgehead atoms. The van der Waals surface area contributed by atoms with Crippen LogP contribution in [0, 0.1) is 5.92 Å². The number of hydrogen-bond donors (Lipinski definition) is 2. The van der Waals surface area contributed by atoms with Gasteiger partial charge in [-0.1, -0.05) is 0 Å². The van der Waals surface area contributed by atoms with Crippen molar-refractivity contribution in [2.75, 3.05) is 26.7 Å². The molecule has 1 atom stereocenters. The largest absolute Gasteiger partial charge is 0.388 e. The Morgan fingerprint density at radius 2 is 2.14 bits per heavy atom. The van der Waals surface area contributed by atoms with Gasteiger partial charge in [-0.15, -0.1) is 0 Å². The molecule has 2 aliphatic rings. The van der Waals surface area contributed by atoms with Crippen molar-refractivity contribution in [2.24, 2.45) is 5.92 Å². The highest BCUT2D eigenvalue weighted by atomic mass is 16.5. The Morgan fingerprint density at radius 3 is 2.76 bits per heavy atom. The van der Waals surface area contributed by atoms with Crippen LogP contribution in [-0.4, -0.2) is 60.3 Å². The van der Waals surface area contributed by atoms with Gasteiger partial charge in [0.1, 0.15) is 0 Å². The summed E-state index contributed by atoms with van der Waals surface area (Å²) >= 11 is 0. The van der Waals surface area contributed by atoms with Crippen molar-refractivity contribution in [3.05, 3.63) is 0 Å². The Bertz CT molecular complexity index is 395. The minimum atomic E-state index is -1.09. The Labute approximate surface area is 125 Å². The molecule has 1 unspecified atom stereocenters. The first-order chi connectivity index (χ1) is 9.97.